The van der Waals surface area contributed by atoms with Crippen LogP contribution in [0.25, 0.3) is 0 Å². The molecule has 92 valence electrons. The lowest BCUT2D eigenvalue weighted by Crippen LogP contribution is -2.36. The van der Waals surface area contributed by atoms with Crippen LogP contribution in [0.4, 0.5) is 11.4 Å². The number of anilines is 2. The fourth-order valence-electron chi connectivity index (χ4n) is 2.11. The van der Waals surface area contributed by atoms with Gasteiger partial charge in [-0.15, -0.1) is 0 Å². The van der Waals surface area contributed by atoms with Crippen molar-refractivity contribution < 1.29 is 4.79 Å². The third-order valence-electron chi connectivity index (χ3n) is 2.99. The zero-order valence-corrected chi connectivity index (χ0v) is 11.4. The number of fused-ring (bicyclic) bond motifs is 1. The van der Waals surface area contributed by atoms with Crippen LogP contribution in [0, 0.1) is 0 Å². The summed E-state index contributed by atoms with van der Waals surface area (Å²) in [7, 11) is 2.04. The molecule has 2 N–H and O–H groups in total. The summed E-state index contributed by atoms with van der Waals surface area (Å²) in [4.78, 5) is 15.8. The van der Waals surface area contributed by atoms with Crippen molar-refractivity contribution in [1.82, 2.24) is 0 Å². The first kappa shape index (κ1) is 12.4. The fraction of sp³-hybridized carbons (Fsp3) is 0.417. The van der Waals surface area contributed by atoms with Crippen LogP contribution in [-0.4, -0.2) is 32.6 Å². The van der Waals surface area contributed by atoms with Crippen molar-refractivity contribution in [2.24, 2.45) is 5.73 Å². The number of halogens is 1. The summed E-state index contributed by atoms with van der Waals surface area (Å²) in [6.07, 6.45) is 0.953. The van der Waals surface area contributed by atoms with E-state index in [1.165, 1.54) is 0 Å². The van der Waals surface area contributed by atoms with Crippen LogP contribution >= 0.6 is 15.9 Å². The quantitative estimate of drug-likeness (QED) is 0.856. The Balaban J connectivity index is 2.48. The second-order valence-electron chi connectivity index (χ2n) is 4.16. The van der Waals surface area contributed by atoms with Gasteiger partial charge in [-0.3, -0.25) is 4.79 Å². The van der Waals surface area contributed by atoms with E-state index in [-0.39, 0.29) is 12.5 Å². The number of hydrogen-bond acceptors (Lipinski definition) is 3. The zero-order valence-electron chi connectivity index (χ0n) is 9.82. The molecule has 1 aromatic rings. The SMILES string of the molecule is CN1CCCN(C(=O)CN)c2cc(Br)ccc21. The second-order valence-corrected chi connectivity index (χ2v) is 5.07. The molecule has 0 radical (unpaired) electrons. The number of amides is 1. The zero-order chi connectivity index (χ0) is 12.4. The molecule has 5 heteroatoms. The monoisotopic (exact) mass is 297 g/mol. The highest BCUT2D eigenvalue weighted by Crippen LogP contribution is 2.34. The summed E-state index contributed by atoms with van der Waals surface area (Å²) in [6, 6.07) is 6.00. The molecule has 0 saturated carbocycles. The molecular weight excluding hydrogens is 282 g/mol. The summed E-state index contributed by atoms with van der Waals surface area (Å²) < 4.78 is 0.973. The third kappa shape index (κ3) is 2.45. The molecule has 0 saturated heterocycles. The Kier molecular flexibility index (Phi) is 3.69. The normalized spacial score (nSPS) is 15.5. The van der Waals surface area contributed by atoms with Crippen molar-refractivity contribution in [3.63, 3.8) is 0 Å². The van der Waals surface area contributed by atoms with Crippen LogP contribution in [0.3, 0.4) is 0 Å². The van der Waals surface area contributed by atoms with Gasteiger partial charge in [0.15, 0.2) is 0 Å². The first-order valence-electron chi connectivity index (χ1n) is 5.64. The summed E-state index contributed by atoms with van der Waals surface area (Å²) >= 11 is 3.45. The number of carbonyl (C=O) groups excluding carboxylic acids is 1. The molecule has 0 atom stereocenters. The van der Waals surface area contributed by atoms with E-state index in [1.54, 1.807) is 4.90 Å². The van der Waals surface area contributed by atoms with Gasteiger partial charge >= 0.3 is 0 Å². The molecule has 0 aliphatic carbocycles. The summed E-state index contributed by atoms with van der Waals surface area (Å²) in [6.45, 7) is 1.72. The van der Waals surface area contributed by atoms with Gasteiger partial charge in [0.25, 0.3) is 0 Å². The molecule has 1 aliphatic rings. The minimum atomic E-state index is -0.0281. The smallest absolute Gasteiger partial charge is 0.240 e. The van der Waals surface area contributed by atoms with Gasteiger partial charge < -0.3 is 15.5 Å². The standard InChI is InChI=1S/C12H16BrN3O/c1-15-5-2-6-16(12(17)8-14)11-7-9(13)3-4-10(11)15/h3-4,7H,2,5-6,8,14H2,1H3. The number of nitrogens with two attached hydrogens (primary N) is 1. The van der Waals surface area contributed by atoms with E-state index in [0.717, 1.165) is 35.4 Å². The number of carbonyl (C=O) groups is 1. The Hall–Kier alpha value is -1.07. The maximum absolute atomic E-state index is 11.9. The van der Waals surface area contributed by atoms with Crippen LogP contribution in [0.15, 0.2) is 22.7 Å². The van der Waals surface area contributed by atoms with Crippen LogP contribution in [0.2, 0.25) is 0 Å². The van der Waals surface area contributed by atoms with Gasteiger partial charge in [-0.2, -0.15) is 0 Å². The van der Waals surface area contributed by atoms with Gasteiger partial charge in [0, 0.05) is 24.6 Å². The highest BCUT2D eigenvalue weighted by molar-refractivity contribution is 9.10. The Bertz CT molecular complexity index is 436. The first-order chi connectivity index (χ1) is 8.13. The van der Waals surface area contributed by atoms with E-state index >= 15 is 0 Å². The first-order valence-corrected chi connectivity index (χ1v) is 6.44. The molecule has 0 spiro atoms. The predicted octanol–water partition coefficient (Wildman–Crippen LogP) is 1.58. The van der Waals surface area contributed by atoms with Crippen molar-refractivity contribution in [1.29, 1.82) is 0 Å². The summed E-state index contributed by atoms with van der Waals surface area (Å²) in [5.74, 6) is -0.0281. The third-order valence-corrected chi connectivity index (χ3v) is 3.48. The van der Waals surface area contributed by atoms with Gasteiger partial charge in [-0.1, -0.05) is 15.9 Å². The van der Waals surface area contributed by atoms with Gasteiger partial charge in [0.2, 0.25) is 5.91 Å². The minimum Gasteiger partial charge on any atom is -0.373 e. The highest BCUT2D eigenvalue weighted by atomic mass is 79.9. The average Bonchev–Trinajstić information content (AvgIpc) is 2.48. The lowest BCUT2D eigenvalue weighted by atomic mass is 10.2. The van der Waals surface area contributed by atoms with Crippen molar-refractivity contribution in [3.8, 4) is 0 Å². The van der Waals surface area contributed by atoms with Gasteiger partial charge in [-0.05, 0) is 24.6 Å². The largest absolute Gasteiger partial charge is 0.373 e. The van der Waals surface area contributed by atoms with E-state index in [9.17, 15) is 4.79 Å². The Morgan fingerprint density at radius 1 is 1.41 bits per heavy atom. The molecule has 0 aromatic heterocycles. The van der Waals surface area contributed by atoms with Crippen molar-refractivity contribution in [3.05, 3.63) is 22.7 Å². The van der Waals surface area contributed by atoms with Crippen molar-refractivity contribution in [2.45, 2.75) is 6.42 Å². The van der Waals surface area contributed by atoms with E-state index < -0.39 is 0 Å². The topological polar surface area (TPSA) is 49.6 Å². The number of hydrogen-bond donors (Lipinski definition) is 1. The summed E-state index contributed by atoms with van der Waals surface area (Å²) in [5.41, 5.74) is 7.48. The van der Waals surface area contributed by atoms with Crippen LogP contribution < -0.4 is 15.5 Å². The molecule has 0 unspecified atom stereocenters. The van der Waals surface area contributed by atoms with E-state index in [0.29, 0.717) is 0 Å². The molecule has 17 heavy (non-hydrogen) atoms. The van der Waals surface area contributed by atoms with Crippen molar-refractivity contribution in [2.75, 3.05) is 36.5 Å². The maximum atomic E-state index is 11.9. The Morgan fingerprint density at radius 2 is 2.18 bits per heavy atom. The fourth-order valence-corrected chi connectivity index (χ4v) is 2.46. The van der Waals surface area contributed by atoms with Gasteiger partial charge in [0.05, 0.1) is 17.9 Å². The van der Waals surface area contributed by atoms with Crippen molar-refractivity contribution >= 4 is 33.2 Å². The molecule has 2 rings (SSSR count). The second kappa shape index (κ2) is 5.06. The molecule has 1 heterocycles. The molecule has 4 nitrogen and oxygen atoms in total. The minimum absolute atomic E-state index is 0.0281. The lowest BCUT2D eigenvalue weighted by Gasteiger charge is -2.24. The number of nitrogens with zero attached hydrogens (tertiary/aromatic N) is 2. The van der Waals surface area contributed by atoms with E-state index in [2.05, 4.69) is 20.8 Å². The Morgan fingerprint density at radius 3 is 2.88 bits per heavy atom. The molecule has 0 bridgehead atoms. The molecule has 1 aromatic carbocycles. The number of benzene rings is 1. The average molecular weight is 298 g/mol. The van der Waals surface area contributed by atoms with Gasteiger partial charge in [0.1, 0.15) is 0 Å². The summed E-state index contributed by atoms with van der Waals surface area (Å²) in [5, 5.41) is 0. The molecule has 0 fully saturated rings. The van der Waals surface area contributed by atoms with Crippen LogP contribution in [-0.2, 0) is 4.79 Å². The number of rotatable bonds is 1. The molecular formula is C12H16BrN3O. The highest BCUT2D eigenvalue weighted by Gasteiger charge is 2.22. The van der Waals surface area contributed by atoms with Crippen LogP contribution in [0.5, 0.6) is 0 Å². The van der Waals surface area contributed by atoms with Gasteiger partial charge in [-0.25, -0.2) is 0 Å². The molecule has 1 amide bonds. The van der Waals surface area contributed by atoms with E-state index in [4.69, 9.17) is 5.73 Å². The van der Waals surface area contributed by atoms with Crippen LogP contribution in [0.1, 0.15) is 6.42 Å². The van der Waals surface area contributed by atoms with E-state index in [1.807, 2.05) is 25.2 Å². The predicted molar refractivity (Wildman–Crippen MR) is 73.4 cm³/mol. The lowest BCUT2D eigenvalue weighted by molar-refractivity contribution is -0.117. The Labute approximate surface area is 110 Å². The molecule has 1 aliphatic heterocycles. The maximum Gasteiger partial charge on any atom is 0.240 e.